The number of hydrogen-bond acceptors (Lipinski definition) is 3. The Morgan fingerprint density at radius 3 is 2.22 bits per heavy atom. The molecule has 0 amide bonds. The van der Waals surface area contributed by atoms with Crippen LogP contribution < -0.4 is 0 Å². The first kappa shape index (κ1) is 15.2. The van der Waals surface area contributed by atoms with E-state index in [-0.39, 0.29) is 0 Å². The normalized spacial score (nSPS) is 33.5. The maximum absolute atomic E-state index is 11.1. The molecule has 0 bridgehead atoms. The van der Waals surface area contributed by atoms with Crippen LogP contribution in [0.15, 0.2) is 0 Å². The lowest BCUT2D eigenvalue weighted by Gasteiger charge is -2.11. The van der Waals surface area contributed by atoms with E-state index >= 15 is 0 Å². The standard InChI is InChI=1S/C9H15NO.C5H10O2/c1-3-9-6-7(11)5-8(9)10(9)4-2;1-5(2,3)4(6)7/h8H,3-6H2,1-2H3;1-3H3,(H,6,7). The molecule has 0 radical (unpaired) electrons. The number of aliphatic carboxylic acids is 1. The number of carbonyl (C=O) groups excluding carboxylic acids is 1. The van der Waals surface area contributed by atoms with Gasteiger partial charge in [-0.2, -0.15) is 0 Å². The minimum absolute atomic E-state index is 0.325. The maximum atomic E-state index is 11.1. The van der Waals surface area contributed by atoms with Crippen LogP contribution in [0.4, 0.5) is 0 Å². The van der Waals surface area contributed by atoms with Crippen LogP contribution in [0.5, 0.6) is 0 Å². The van der Waals surface area contributed by atoms with Crippen molar-refractivity contribution in [2.75, 3.05) is 6.54 Å². The fourth-order valence-electron chi connectivity index (χ4n) is 2.76. The third-order valence-corrected chi connectivity index (χ3v) is 4.02. The van der Waals surface area contributed by atoms with E-state index in [1.54, 1.807) is 20.8 Å². The second kappa shape index (κ2) is 5.00. The molecule has 3 atom stereocenters. The van der Waals surface area contributed by atoms with Crippen LogP contribution in [0.25, 0.3) is 0 Å². The van der Waals surface area contributed by atoms with Crippen molar-refractivity contribution in [3.05, 3.63) is 0 Å². The Morgan fingerprint density at radius 2 is 1.94 bits per heavy atom. The molecule has 3 unspecified atom stereocenters. The molecule has 1 heterocycles. The molecule has 4 heteroatoms. The first-order valence-electron chi connectivity index (χ1n) is 6.71. The third-order valence-electron chi connectivity index (χ3n) is 4.02. The summed E-state index contributed by atoms with van der Waals surface area (Å²) < 4.78 is 0. The number of piperidine rings is 1. The average Bonchev–Trinajstić information content (AvgIpc) is 2.69. The van der Waals surface area contributed by atoms with Crippen molar-refractivity contribution in [2.24, 2.45) is 5.41 Å². The number of likely N-dealkylation sites (N-methyl/N-ethyl adjacent to an activating group) is 1. The van der Waals surface area contributed by atoms with Crippen molar-refractivity contribution in [1.82, 2.24) is 4.90 Å². The molecule has 1 aliphatic carbocycles. The first-order chi connectivity index (χ1) is 8.19. The molecule has 0 aromatic carbocycles. The molecule has 0 spiro atoms. The zero-order valence-electron chi connectivity index (χ0n) is 12.1. The fraction of sp³-hybridized carbons (Fsp3) is 0.857. The smallest absolute Gasteiger partial charge is 0.308 e. The molecule has 104 valence electrons. The molecule has 1 saturated heterocycles. The Morgan fingerprint density at radius 1 is 1.44 bits per heavy atom. The zero-order valence-corrected chi connectivity index (χ0v) is 12.1. The van der Waals surface area contributed by atoms with E-state index in [1.807, 2.05) is 0 Å². The number of carboxylic acids is 1. The number of carboxylic acid groups (broad SMARTS) is 1. The van der Waals surface area contributed by atoms with E-state index in [4.69, 9.17) is 5.11 Å². The Hall–Kier alpha value is -0.900. The summed E-state index contributed by atoms with van der Waals surface area (Å²) in [7, 11) is 0. The summed E-state index contributed by atoms with van der Waals surface area (Å²) >= 11 is 0. The van der Waals surface area contributed by atoms with E-state index in [2.05, 4.69) is 18.7 Å². The Labute approximate surface area is 109 Å². The average molecular weight is 255 g/mol. The number of hydrogen-bond donors (Lipinski definition) is 1. The van der Waals surface area contributed by atoms with Gasteiger partial charge in [0.2, 0.25) is 0 Å². The highest BCUT2D eigenvalue weighted by atomic mass is 16.4. The molecule has 18 heavy (non-hydrogen) atoms. The van der Waals surface area contributed by atoms with Crippen LogP contribution in [-0.4, -0.2) is 39.9 Å². The summed E-state index contributed by atoms with van der Waals surface area (Å²) in [5.74, 6) is -0.283. The lowest BCUT2D eigenvalue weighted by molar-refractivity contribution is -0.145. The van der Waals surface area contributed by atoms with Crippen molar-refractivity contribution < 1.29 is 14.7 Å². The van der Waals surface area contributed by atoms with E-state index in [0.29, 0.717) is 17.4 Å². The van der Waals surface area contributed by atoms with Crippen molar-refractivity contribution in [3.63, 3.8) is 0 Å². The number of rotatable bonds is 2. The molecule has 0 aromatic heterocycles. The quantitative estimate of drug-likeness (QED) is 0.769. The Bertz CT molecular complexity index is 345. The van der Waals surface area contributed by atoms with E-state index in [9.17, 15) is 9.59 Å². The van der Waals surface area contributed by atoms with Crippen LogP contribution in [0.2, 0.25) is 0 Å². The summed E-state index contributed by atoms with van der Waals surface area (Å²) in [4.78, 5) is 23.6. The molecular weight excluding hydrogens is 230 g/mol. The SMILES string of the molecule is CC(C)(C)C(=O)O.CCN1C2CC(=O)CC21CC. The van der Waals surface area contributed by atoms with Gasteiger partial charge in [-0.05, 0) is 33.7 Å². The summed E-state index contributed by atoms with van der Waals surface area (Å²) in [6, 6.07) is 0.616. The monoisotopic (exact) mass is 255 g/mol. The second-order valence-electron chi connectivity index (χ2n) is 6.23. The van der Waals surface area contributed by atoms with Gasteiger partial charge in [0.05, 0.1) is 5.41 Å². The molecule has 0 aromatic rings. The van der Waals surface area contributed by atoms with Crippen LogP contribution in [-0.2, 0) is 9.59 Å². The lowest BCUT2D eigenvalue weighted by Crippen LogP contribution is -2.19. The summed E-state index contributed by atoms with van der Waals surface area (Å²) in [5, 5.41) is 8.25. The summed E-state index contributed by atoms with van der Waals surface area (Å²) in [5.41, 5.74) is -0.258. The zero-order chi connectivity index (χ0) is 14.1. The van der Waals surface area contributed by atoms with E-state index in [0.717, 1.165) is 25.8 Å². The molecule has 2 aliphatic rings. The topological polar surface area (TPSA) is 57.4 Å². The van der Waals surface area contributed by atoms with Gasteiger partial charge < -0.3 is 5.11 Å². The van der Waals surface area contributed by atoms with E-state index in [1.165, 1.54) is 0 Å². The minimum Gasteiger partial charge on any atom is -0.481 e. The molecule has 4 nitrogen and oxygen atoms in total. The minimum atomic E-state index is -0.757. The summed E-state index contributed by atoms with van der Waals surface area (Å²) in [6.07, 6.45) is 2.79. The predicted molar refractivity (Wildman–Crippen MR) is 70.5 cm³/mol. The van der Waals surface area contributed by atoms with Crippen molar-refractivity contribution >= 4 is 11.8 Å². The Kier molecular flexibility index (Phi) is 4.21. The van der Waals surface area contributed by atoms with Gasteiger partial charge in [0, 0.05) is 24.4 Å². The Balaban J connectivity index is 0.000000203. The van der Waals surface area contributed by atoms with Gasteiger partial charge in [-0.25, -0.2) is 0 Å². The highest BCUT2D eigenvalue weighted by Crippen LogP contribution is 2.53. The fourth-order valence-corrected chi connectivity index (χ4v) is 2.76. The van der Waals surface area contributed by atoms with E-state index < -0.39 is 11.4 Å². The highest BCUT2D eigenvalue weighted by Gasteiger charge is 2.65. The highest BCUT2D eigenvalue weighted by molar-refractivity contribution is 5.85. The lowest BCUT2D eigenvalue weighted by atomic mass is 9.98. The van der Waals surface area contributed by atoms with Crippen LogP contribution in [0, 0.1) is 5.41 Å². The van der Waals surface area contributed by atoms with Gasteiger partial charge in [-0.1, -0.05) is 13.8 Å². The number of fused-ring (bicyclic) bond motifs is 1. The number of Topliss-reactive ketones (excluding diaryl/α,β-unsaturated/α-hetero) is 1. The van der Waals surface area contributed by atoms with Gasteiger partial charge >= 0.3 is 5.97 Å². The summed E-state index contributed by atoms with van der Waals surface area (Å²) in [6.45, 7) is 10.5. The number of carbonyl (C=O) groups is 2. The van der Waals surface area contributed by atoms with Crippen LogP contribution in [0.1, 0.15) is 53.9 Å². The number of likely N-dealkylation sites (tertiary alicyclic amines) is 1. The van der Waals surface area contributed by atoms with Gasteiger partial charge in [-0.15, -0.1) is 0 Å². The molecule has 1 N–H and O–H groups in total. The molecule has 1 aliphatic heterocycles. The maximum Gasteiger partial charge on any atom is 0.308 e. The van der Waals surface area contributed by atoms with Crippen molar-refractivity contribution in [3.8, 4) is 0 Å². The predicted octanol–water partition coefficient (Wildman–Crippen LogP) is 2.32. The van der Waals surface area contributed by atoms with Gasteiger partial charge in [0.25, 0.3) is 0 Å². The molecule has 2 rings (SSSR count). The molecule has 2 fully saturated rings. The third kappa shape index (κ3) is 2.74. The van der Waals surface area contributed by atoms with Gasteiger partial charge in [0.1, 0.15) is 5.78 Å². The van der Waals surface area contributed by atoms with Crippen LogP contribution in [0.3, 0.4) is 0 Å². The molecular formula is C14H25NO3. The van der Waals surface area contributed by atoms with Crippen LogP contribution >= 0.6 is 0 Å². The van der Waals surface area contributed by atoms with Crippen molar-refractivity contribution in [1.29, 1.82) is 0 Å². The van der Waals surface area contributed by atoms with Gasteiger partial charge in [0.15, 0.2) is 0 Å². The second-order valence-corrected chi connectivity index (χ2v) is 6.23. The van der Waals surface area contributed by atoms with Gasteiger partial charge in [-0.3, -0.25) is 14.5 Å². The number of ketones is 1. The number of nitrogens with zero attached hydrogens (tertiary/aromatic N) is 1. The van der Waals surface area contributed by atoms with Crippen molar-refractivity contribution in [2.45, 2.75) is 65.5 Å². The molecule has 1 saturated carbocycles. The first-order valence-corrected chi connectivity index (χ1v) is 6.71. The largest absolute Gasteiger partial charge is 0.481 e.